The van der Waals surface area contributed by atoms with E-state index in [0.29, 0.717) is 0 Å². The van der Waals surface area contributed by atoms with Crippen LogP contribution in [0.4, 0.5) is 0 Å². The lowest BCUT2D eigenvalue weighted by Gasteiger charge is -1.72. The Morgan fingerprint density at radius 3 is 3.38 bits per heavy atom. The van der Waals surface area contributed by atoms with Gasteiger partial charge in [-0.25, -0.2) is 10.2 Å². The van der Waals surface area contributed by atoms with Gasteiger partial charge >= 0.3 is 0 Å². The predicted octanol–water partition coefficient (Wildman–Crippen LogP) is 0.238. The highest BCUT2D eigenvalue weighted by Crippen LogP contribution is 2.09. The van der Waals surface area contributed by atoms with Crippen molar-refractivity contribution in [2.45, 2.75) is 0 Å². The fourth-order valence-corrected chi connectivity index (χ4v) is 0.654. The number of H-pyrrole nitrogens is 2. The molecule has 0 aliphatic carbocycles. The minimum atomic E-state index is 0.741. The van der Waals surface area contributed by atoms with Gasteiger partial charge in [0.2, 0.25) is 0 Å². The van der Waals surface area contributed by atoms with E-state index in [9.17, 15) is 0 Å². The molecule has 0 bridgehead atoms. The second-order valence-corrected chi connectivity index (χ2v) is 1.53. The van der Waals surface area contributed by atoms with Crippen molar-refractivity contribution in [3.05, 3.63) is 12.3 Å². The van der Waals surface area contributed by atoms with Gasteiger partial charge in [0.05, 0.1) is 0 Å². The van der Waals surface area contributed by atoms with Crippen LogP contribution in [-0.4, -0.2) is 20.4 Å². The molecule has 2 heterocycles. The van der Waals surface area contributed by atoms with E-state index in [-0.39, 0.29) is 0 Å². The molecule has 0 amide bonds. The molecule has 0 saturated heterocycles. The van der Waals surface area contributed by atoms with Crippen molar-refractivity contribution < 1.29 is 0 Å². The molecule has 4 nitrogen and oxygen atoms in total. The molecular weight excluding hydrogens is 104 g/mol. The molecule has 0 fully saturated rings. The quantitative estimate of drug-likeness (QED) is 0.507. The Kier molecular flexibility index (Phi) is 0.498. The topological polar surface area (TPSA) is 57.4 Å². The Bertz CT molecular complexity index is 199. The molecule has 40 valence electrons. The van der Waals surface area contributed by atoms with E-state index in [1.165, 1.54) is 0 Å². The maximum absolute atomic E-state index is 3.91. The number of aromatic nitrogens is 4. The number of nitrogens with zero attached hydrogens (tertiary/aromatic N) is 2. The number of hydrogen-bond acceptors (Lipinski definition) is 2. The van der Waals surface area contributed by atoms with E-state index in [1.807, 2.05) is 6.07 Å². The normalized spacial score (nSPS) is 10.5. The molecule has 8 heavy (non-hydrogen) atoms. The van der Waals surface area contributed by atoms with Gasteiger partial charge in [0, 0.05) is 6.20 Å². The summed E-state index contributed by atoms with van der Waals surface area (Å²) in [6.45, 7) is 0. The highest BCUT2D eigenvalue weighted by molar-refractivity contribution is 5.48. The maximum Gasteiger partial charge on any atom is 0.198 e. The summed E-state index contributed by atoms with van der Waals surface area (Å²) in [4.78, 5) is 3.91. The second-order valence-electron chi connectivity index (χ2n) is 1.53. The van der Waals surface area contributed by atoms with Crippen molar-refractivity contribution in [3.8, 4) is 11.5 Å². The lowest BCUT2D eigenvalue weighted by Crippen LogP contribution is -1.68. The van der Waals surface area contributed by atoms with Gasteiger partial charge in [-0.05, 0) is 6.07 Å². The number of fused-ring (bicyclic) bond motifs is 1. The minimum absolute atomic E-state index is 0.741. The van der Waals surface area contributed by atoms with Gasteiger partial charge < -0.3 is 0 Å². The van der Waals surface area contributed by atoms with Crippen molar-refractivity contribution in [2.75, 3.05) is 0 Å². The molecular formula is C4H4N4. The van der Waals surface area contributed by atoms with Gasteiger partial charge in [0.1, 0.15) is 5.69 Å². The number of hydrogen-bond donors (Lipinski definition) is 2. The molecule has 2 N–H and O–H groups in total. The molecule has 0 saturated carbocycles. The number of nitrogens with one attached hydrogen (secondary N) is 2. The van der Waals surface area contributed by atoms with Crippen LogP contribution in [0, 0.1) is 0 Å². The summed E-state index contributed by atoms with van der Waals surface area (Å²) < 4.78 is 0. The summed E-state index contributed by atoms with van der Waals surface area (Å²) in [6.07, 6.45) is 1.71. The first kappa shape index (κ1) is 3.65. The minimum Gasteiger partial charge on any atom is -0.281 e. The molecule has 0 unspecified atom stereocenters. The van der Waals surface area contributed by atoms with Gasteiger partial charge in [-0.3, -0.25) is 5.10 Å². The summed E-state index contributed by atoms with van der Waals surface area (Å²) in [5.41, 5.74) is 0.949. The molecule has 2 aliphatic rings. The zero-order valence-electron chi connectivity index (χ0n) is 4.05. The summed E-state index contributed by atoms with van der Waals surface area (Å²) in [5.74, 6) is 0.741. The average Bonchev–Trinajstić information content (AvgIpc) is 2.15. The third-order valence-corrected chi connectivity index (χ3v) is 1.03. The van der Waals surface area contributed by atoms with E-state index in [4.69, 9.17) is 0 Å². The summed E-state index contributed by atoms with van der Waals surface area (Å²) >= 11 is 0. The highest BCUT2D eigenvalue weighted by Gasteiger charge is 2.02. The Morgan fingerprint density at radius 1 is 1.50 bits per heavy atom. The lowest BCUT2D eigenvalue weighted by molar-refractivity contribution is 0.943. The van der Waals surface area contributed by atoms with E-state index in [0.717, 1.165) is 11.5 Å². The number of aromatic amines is 2. The molecule has 0 spiro atoms. The molecule has 0 aromatic rings. The first-order valence-electron chi connectivity index (χ1n) is 2.30. The van der Waals surface area contributed by atoms with Crippen molar-refractivity contribution in [2.24, 2.45) is 0 Å². The van der Waals surface area contributed by atoms with Crippen LogP contribution >= 0.6 is 0 Å². The smallest absolute Gasteiger partial charge is 0.198 e. The van der Waals surface area contributed by atoms with Gasteiger partial charge in [-0.15, -0.1) is 5.10 Å². The molecule has 0 radical (unpaired) electrons. The molecule has 0 aromatic carbocycles. The van der Waals surface area contributed by atoms with Gasteiger partial charge in [0.25, 0.3) is 0 Å². The zero-order valence-corrected chi connectivity index (χ0v) is 4.05. The van der Waals surface area contributed by atoms with Crippen LogP contribution in [0.3, 0.4) is 0 Å². The van der Waals surface area contributed by atoms with Gasteiger partial charge in [-0.2, -0.15) is 0 Å². The first-order chi connectivity index (χ1) is 3.97. The number of rotatable bonds is 0. The van der Waals surface area contributed by atoms with Crippen molar-refractivity contribution >= 4 is 0 Å². The van der Waals surface area contributed by atoms with Crippen LogP contribution in [0.15, 0.2) is 12.3 Å². The van der Waals surface area contributed by atoms with Crippen LogP contribution in [0.1, 0.15) is 0 Å². The van der Waals surface area contributed by atoms with Crippen LogP contribution < -0.4 is 0 Å². The third kappa shape index (κ3) is 0.294. The molecule has 4 heteroatoms. The summed E-state index contributed by atoms with van der Waals surface area (Å²) in [7, 11) is 0. The molecule has 2 aliphatic heterocycles. The summed E-state index contributed by atoms with van der Waals surface area (Å²) in [5, 5.41) is 9.17. The van der Waals surface area contributed by atoms with E-state index in [1.54, 1.807) is 6.20 Å². The average molecular weight is 108 g/mol. The molecule has 0 aromatic heterocycles. The van der Waals surface area contributed by atoms with Crippen LogP contribution in [0.25, 0.3) is 11.5 Å². The lowest BCUT2D eigenvalue weighted by atomic mass is 10.5. The van der Waals surface area contributed by atoms with Crippen LogP contribution in [0.5, 0.6) is 0 Å². The maximum atomic E-state index is 3.91. The van der Waals surface area contributed by atoms with Crippen molar-refractivity contribution in [1.29, 1.82) is 0 Å². The highest BCUT2D eigenvalue weighted by atomic mass is 15.4. The van der Waals surface area contributed by atoms with Gasteiger partial charge in [-0.1, -0.05) is 0 Å². The molecule has 0 atom stereocenters. The van der Waals surface area contributed by atoms with E-state index in [2.05, 4.69) is 20.4 Å². The molecule has 2 rings (SSSR count). The SMILES string of the molecule is c1cc2[nH][nH]nc-2n1. The van der Waals surface area contributed by atoms with Crippen molar-refractivity contribution in [3.63, 3.8) is 0 Å². The fourth-order valence-electron chi connectivity index (χ4n) is 0.654. The standard InChI is InChI=1S/C4H4N4/c1-2-5-4-3(1)6-8-7-4/h1-2,6,8H. The van der Waals surface area contributed by atoms with E-state index < -0.39 is 0 Å². The van der Waals surface area contributed by atoms with E-state index >= 15 is 0 Å². The zero-order chi connectivity index (χ0) is 5.40. The largest absolute Gasteiger partial charge is 0.281 e. The van der Waals surface area contributed by atoms with Gasteiger partial charge in [0.15, 0.2) is 5.82 Å². The Morgan fingerprint density at radius 2 is 2.50 bits per heavy atom. The predicted molar refractivity (Wildman–Crippen MR) is 27.4 cm³/mol. The monoisotopic (exact) mass is 108 g/mol. The second kappa shape index (κ2) is 1.09. The first-order valence-corrected chi connectivity index (χ1v) is 2.30. The fraction of sp³-hybridized carbons (Fsp3) is 0. The Labute approximate surface area is 45.3 Å². The Balaban J connectivity index is 2.84. The Hall–Kier alpha value is -1.32. The van der Waals surface area contributed by atoms with Crippen LogP contribution in [0.2, 0.25) is 0 Å². The van der Waals surface area contributed by atoms with Crippen molar-refractivity contribution in [1.82, 2.24) is 20.4 Å². The third-order valence-electron chi connectivity index (χ3n) is 1.03. The summed E-state index contributed by atoms with van der Waals surface area (Å²) in [6, 6.07) is 1.86. The van der Waals surface area contributed by atoms with Crippen LogP contribution in [-0.2, 0) is 0 Å².